The lowest BCUT2D eigenvalue weighted by Crippen LogP contribution is -2.26. The van der Waals surface area contributed by atoms with E-state index in [1.165, 1.54) is 10.9 Å². The third kappa shape index (κ3) is 4.51. The van der Waals surface area contributed by atoms with Crippen molar-refractivity contribution in [2.75, 3.05) is 5.32 Å². The number of nitrogens with zero attached hydrogens (tertiary/aromatic N) is 4. The molecule has 1 unspecified atom stereocenters. The molecule has 158 valence electrons. The van der Waals surface area contributed by atoms with Gasteiger partial charge in [-0.1, -0.05) is 23.7 Å². The third-order valence-electron chi connectivity index (χ3n) is 4.94. The van der Waals surface area contributed by atoms with Gasteiger partial charge in [0.05, 0.1) is 17.8 Å². The first-order chi connectivity index (χ1) is 14.2. The Morgan fingerprint density at radius 2 is 2.10 bits per heavy atom. The van der Waals surface area contributed by atoms with Crippen LogP contribution in [-0.4, -0.2) is 25.5 Å². The van der Waals surface area contributed by atoms with E-state index in [4.69, 9.17) is 11.6 Å². The van der Waals surface area contributed by atoms with Crippen LogP contribution >= 0.6 is 11.6 Å². The van der Waals surface area contributed by atoms with Gasteiger partial charge in [-0.3, -0.25) is 14.2 Å². The zero-order chi connectivity index (χ0) is 21.5. The van der Waals surface area contributed by atoms with Gasteiger partial charge in [0.1, 0.15) is 6.04 Å². The molecule has 0 radical (unpaired) electrons. The summed E-state index contributed by atoms with van der Waals surface area (Å²) < 4.78 is 42.2. The molecule has 0 saturated heterocycles. The molecular formula is C20H19ClF3N5O. The summed E-state index contributed by atoms with van der Waals surface area (Å²) in [6, 6.07) is 7.33. The van der Waals surface area contributed by atoms with E-state index in [1.807, 2.05) is 6.07 Å². The highest BCUT2D eigenvalue weighted by atomic mass is 35.5. The van der Waals surface area contributed by atoms with Gasteiger partial charge in [0.15, 0.2) is 5.69 Å². The minimum atomic E-state index is -4.55. The molecule has 3 aromatic rings. The fourth-order valence-corrected chi connectivity index (χ4v) is 3.41. The van der Waals surface area contributed by atoms with Crippen molar-refractivity contribution in [3.8, 4) is 0 Å². The first-order valence-corrected chi connectivity index (χ1v) is 9.83. The molecule has 10 heteroatoms. The van der Waals surface area contributed by atoms with Gasteiger partial charge in [-0.05, 0) is 43.5 Å². The quantitative estimate of drug-likeness (QED) is 0.598. The number of aromatic nitrogens is 4. The first-order valence-electron chi connectivity index (χ1n) is 9.45. The SMILES string of the molecule is CC(C(=O)Nc1cccc(Cn2cc(Cl)cn2)c1)n1nc(C(F)(F)F)cc1C1CC1. The molecule has 1 amide bonds. The molecule has 0 bridgehead atoms. The molecule has 1 fully saturated rings. The largest absolute Gasteiger partial charge is 0.435 e. The highest BCUT2D eigenvalue weighted by Crippen LogP contribution is 2.43. The Labute approximate surface area is 175 Å². The zero-order valence-corrected chi connectivity index (χ0v) is 16.8. The van der Waals surface area contributed by atoms with Crippen LogP contribution in [0.5, 0.6) is 0 Å². The zero-order valence-electron chi connectivity index (χ0n) is 16.0. The van der Waals surface area contributed by atoms with E-state index in [0.717, 1.165) is 24.5 Å². The summed E-state index contributed by atoms with van der Waals surface area (Å²) >= 11 is 5.87. The number of alkyl halides is 3. The van der Waals surface area contributed by atoms with Crippen LogP contribution in [0.4, 0.5) is 18.9 Å². The smallest absolute Gasteiger partial charge is 0.324 e. The summed E-state index contributed by atoms with van der Waals surface area (Å²) in [6.45, 7) is 2.01. The van der Waals surface area contributed by atoms with Crippen molar-refractivity contribution in [3.63, 3.8) is 0 Å². The number of rotatable bonds is 6. The Morgan fingerprint density at radius 3 is 2.73 bits per heavy atom. The van der Waals surface area contributed by atoms with Crippen molar-refractivity contribution in [1.82, 2.24) is 19.6 Å². The van der Waals surface area contributed by atoms with Crippen LogP contribution < -0.4 is 5.32 Å². The number of hydrogen-bond donors (Lipinski definition) is 1. The van der Waals surface area contributed by atoms with Crippen LogP contribution in [0.3, 0.4) is 0 Å². The van der Waals surface area contributed by atoms with E-state index < -0.39 is 23.8 Å². The fourth-order valence-electron chi connectivity index (χ4n) is 3.26. The molecule has 0 spiro atoms. The predicted molar refractivity (Wildman–Crippen MR) is 105 cm³/mol. The van der Waals surface area contributed by atoms with E-state index in [9.17, 15) is 18.0 Å². The molecule has 1 atom stereocenters. The maximum absolute atomic E-state index is 13.1. The lowest BCUT2D eigenvalue weighted by molar-refractivity contribution is -0.141. The van der Waals surface area contributed by atoms with Gasteiger partial charge in [0.2, 0.25) is 5.91 Å². The lowest BCUT2D eigenvalue weighted by atomic mass is 10.2. The van der Waals surface area contributed by atoms with Crippen molar-refractivity contribution in [2.24, 2.45) is 0 Å². The van der Waals surface area contributed by atoms with Crippen LogP contribution in [0.25, 0.3) is 0 Å². The maximum atomic E-state index is 13.1. The summed E-state index contributed by atoms with van der Waals surface area (Å²) in [5, 5.41) is 11.1. The molecule has 1 aliphatic rings. The Balaban J connectivity index is 1.50. The van der Waals surface area contributed by atoms with Crippen LogP contribution in [0, 0.1) is 0 Å². The second-order valence-electron chi connectivity index (χ2n) is 7.39. The fraction of sp³-hybridized carbons (Fsp3) is 0.350. The van der Waals surface area contributed by atoms with Gasteiger partial charge in [-0.15, -0.1) is 0 Å². The first kappa shape index (κ1) is 20.5. The van der Waals surface area contributed by atoms with Crippen molar-refractivity contribution in [3.05, 3.63) is 64.7 Å². The Kier molecular flexibility index (Phi) is 5.31. The number of halogens is 4. The molecular weight excluding hydrogens is 419 g/mol. The molecule has 1 N–H and O–H groups in total. The summed E-state index contributed by atoms with van der Waals surface area (Å²) in [7, 11) is 0. The molecule has 0 aliphatic heterocycles. The van der Waals surface area contributed by atoms with Gasteiger partial charge >= 0.3 is 6.18 Å². The summed E-state index contributed by atoms with van der Waals surface area (Å²) in [5.41, 5.74) is 0.911. The van der Waals surface area contributed by atoms with Gasteiger partial charge in [-0.25, -0.2) is 0 Å². The predicted octanol–water partition coefficient (Wildman–Crippen LogP) is 4.88. The van der Waals surface area contributed by atoms with Crippen molar-refractivity contribution in [2.45, 2.75) is 44.4 Å². The maximum Gasteiger partial charge on any atom is 0.435 e. The van der Waals surface area contributed by atoms with Crippen molar-refractivity contribution >= 4 is 23.2 Å². The number of benzene rings is 1. The highest BCUT2D eigenvalue weighted by Gasteiger charge is 2.39. The van der Waals surface area contributed by atoms with Gasteiger partial charge < -0.3 is 5.32 Å². The summed E-state index contributed by atoms with van der Waals surface area (Å²) in [4.78, 5) is 12.8. The molecule has 1 saturated carbocycles. The number of carbonyl (C=O) groups is 1. The van der Waals surface area contributed by atoms with Gasteiger partial charge in [0.25, 0.3) is 0 Å². The average molecular weight is 438 g/mol. The Bertz CT molecular complexity index is 1070. The average Bonchev–Trinajstić information content (AvgIpc) is 3.28. The summed E-state index contributed by atoms with van der Waals surface area (Å²) in [6.07, 6.45) is 0.276. The molecule has 1 aliphatic carbocycles. The van der Waals surface area contributed by atoms with E-state index in [2.05, 4.69) is 15.5 Å². The van der Waals surface area contributed by atoms with E-state index >= 15 is 0 Å². The van der Waals surface area contributed by atoms with Crippen molar-refractivity contribution < 1.29 is 18.0 Å². The second kappa shape index (κ2) is 7.79. The molecule has 2 aromatic heterocycles. The van der Waals surface area contributed by atoms with Crippen LogP contribution in [0.2, 0.25) is 5.02 Å². The number of carbonyl (C=O) groups excluding carboxylic acids is 1. The minimum Gasteiger partial charge on any atom is -0.324 e. The summed E-state index contributed by atoms with van der Waals surface area (Å²) in [5.74, 6) is -0.416. The van der Waals surface area contributed by atoms with Crippen LogP contribution in [0.1, 0.15) is 48.7 Å². The van der Waals surface area contributed by atoms with Crippen LogP contribution in [0.15, 0.2) is 42.7 Å². The molecule has 6 nitrogen and oxygen atoms in total. The minimum absolute atomic E-state index is 0.0214. The second-order valence-corrected chi connectivity index (χ2v) is 7.83. The normalized spacial score (nSPS) is 15.2. The van der Waals surface area contributed by atoms with Crippen LogP contribution in [-0.2, 0) is 17.5 Å². The Morgan fingerprint density at radius 1 is 1.33 bits per heavy atom. The lowest BCUT2D eigenvalue weighted by Gasteiger charge is -2.16. The van der Waals surface area contributed by atoms with Gasteiger partial charge in [-0.2, -0.15) is 23.4 Å². The molecule has 4 rings (SSSR count). The molecule has 2 heterocycles. The number of hydrogen-bond acceptors (Lipinski definition) is 3. The van der Waals surface area contributed by atoms with Crippen molar-refractivity contribution in [1.29, 1.82) is 0 Å². The molecule has 30 heavy (non-hydrogen) atoms. The monoisotopic (exact) mass is 437 g/mol. The third-order valence-corrected chi connectivity index (χ3v) is 5.13. The molecule has 1 aromatic carbocycles. The van der Waals surface area contributed by atoms with E-state index in [0.29, 0.717) is 22.9 Å². The Hall–Kier alpha value is -2.81. The van der Waals surface area contributed by atoms with E-state index in [-0.39, 0.29) is 5.92 Å². The number of anilines is 1. The number of amides is 1. The topological polar surface area (TPSA) is 64.7 Å². The van der Waals surface area contributed by atoms with Gasteiger partial charge in [0, 0.05) is 23.5 Å². The van der Waals surface area contributed by atoms with E-state index in [1.54, 1.807) is 36.0 Å². The highest BCUT2D eigenvalue weighted by molar-refractivity contribution is 6.30. The standard InChI is InChI=1S/C20H19ClF3N5O/c1-12(29-17(14-5-6-14)8-18(27-29)20(22,23)24)19(30)26-16-4-2-3-13(7-16)10-28-11-15(21)9-25-28/h2-4,7-9,11-12,14H,5-6,10H2,1H3,(H,26,30). The number of nitrogens with one attached hydrogen (secondary N) is 1.